The first-order chi connectivity index (χ1) is 8.42. The summed E-state index contributed by atoms with van der Waals surface area (Å²) in [6.07, 6.45) is 5.32. The number of esters is 1. The Kier molecular flexibility index (Phi) is 2.31. The van der Waals surface area contributed by atoms with E-state index in [0.29, 0.717) is 11.5 Å². The summed E-state index contributed by atoms with van der Waals surface area (Å²) >= 11 is 0. The van der Waals surface area contributed by atoms with Gasteiger partial charge in [0.25, 0.3) is 0 Å². The van der Waals surface area contributed by atoms with Crippen LogP contribution >= 0.6 is 0 Å². The first-order valence-electron chi connectivity index (χ1n) is 6.55. The standard InChI is InChI=1S/C15H18O3/c1-8-10-6-11-9(2)12(16)4-5-15(11,3)7-13(10)18-14(8)17/h4-5,9-11,13H,1,6-7H2,2-3H3/t9-,10+,11-,13+,15+/m0/s1. The van der Waals surface area contributed by atoms with Gasteiger partial charge in [0, 0.05) is 17.4 Å². The van der Waals surface area contributed by atoms with Crippen LogP contribution in [0.5, 0.6) is 0 Å². The van der Waals surface area contributed by atoms with Gasteiger partial charge in [0.05, 0.1) is 0 Å². The van der Waals surface area contributed by atoms with Crippen molar-refractivity contribution in [3.63, 3.8) is 0 Å². The molecule has 0 aromatic carbocycles. The van der Waals surface area contributed by atoms with Gasteiger partial charge in [0.1, 0.15) is 6.10 Å². The molecule has 1 aliphatic heterocycles. The molecule has 0 radical (unpaired) electrons. The van der Waals surface area contributed by atoms with E-state index in [-0.39, 0.29) is 35.1 Å². The van der Waals surface area contributed by atoms with E-state index < -0.39 is 0 Å². The quantitative estimate of drug-likeness (QED) is 0.486. The summed E-state index contributed by atoms with van der Waals surface area (Å²) in [4.78, 5) is 23.4. The molecule has 0 aromatic rings. The van der Waals surface area contributed by atoms with E-state index in [4.69, 9.17) is 4.74 Å². The molecule has 2 fully saturated rings. The Morgan fingerprint density at radius 1 is 1.44 bits per heavy atom. The summed E-state index contributed by atoms with van der Waals surface area (Å²) in [6.45, 7) is 8.01. The van der Waals surface area contributed by atoms with E-state index in [1.165, 1.54) is 0 Å². The van der Waals surface area contributed by atoms with Gasteiger partial charge >= 0.3 is 5.97 Å². The molecule has 0 amide bonds. The van der Waals surface area contributed by atoms with Crippen molar-refractivity contribution in [3.05, 3.63) is 24.3 Å². The van der Waals surface area contributed by atoms with Crippen LogP contribution in [0.4, 0.5) is 0 Å². The summed E-state index contributed by atoms with van der Waals surface area (Å²) in [7, 11) is 0. The van der Waals surface area contributed by atoms with Crippen LogP contribution in [0.3, 0.4) is 0 Å². The molecule has 18 heavy (non-hydrogen) atoms. The lowest BCUT2D eigenvalue weighted by molar-refractivity contribution is -0.143. The maximum absolute atomic E-state index is 11.8. The predicted molar refractivity (Wildman–Crippen MR) is 66.7 cm³/mol. The van der Waals surface area contributed by atoms with Crippen molar-refractivity contribution in [1.82, 2.24) is 0 Å². The SMILES string of the molecule is C=C1C(=O)O[C@@H]2C[C@@]3(C)C=CC(=O)[C@@H](C)[C@@H]3C[C@H]12. The van der Waals surface area contributed by atoms with Crippen molar-refractivity contribution in [2.45, 2.75) is 32.8 Å². The third kappa shape index (κ3) is 1.43. The topological polar surface area (TPSA) is 43.4 Å². The van der Waals surface area contributed by atoms with Crippen LogP contribution in [0, 0.1) is 23.2 Å². The van der Waals surface area contributed by atoms with Crippen molar-refractivity contribution >= 4 is 11.8 Å². The van der Waals surface area contributed by atoms with Gasteiger partial charge < -0.3 is 4.74 Å². The third-order valence-corrected chi connectivity index (χ3v) is 5.09. The summed E-state index contributed by atoms with van der Waals surface area (Å²) in [5, 5.41) is 0. The van der Waals surface area contributed by atoms with Gasteiger partial charge in [0.15, 0.2) is 5.78 Å². The van der Waals surface area contributed by atoms with Crippen LogP contribution in [0.25, 0.3) is 0 Å². The fraction of sp³-hybridized carbons (Fsp3) is 0.600. The van der Waals surface area contributed by atoms with Crippen LogP contribution in [-0.2, 0) is 14.3 Å². The zero-order chi connectivity index (χ0) is 13.1. The molecule has 2 aliphatic carbocycles. The molecule has 3 aliphatic rings. The fourth-order valence-corrected chi connectivity index (χ4v) is 3.87. The number of fused-ring (bicyclic) bond motifs is 2. The van der Waals surface area contributed by atoms with Gasteiger partial charge in [-0.1, -0.05) is 26.5 Å². The lowest BCUT2D eigenvalue weighted by Gasteiger charge is -2.47. The number of hydrogen-bond donors (Lipinski definition) is 0. The average molecular weight is 246 g/mol. The summed E-state index contributed by atoms with van der Waals surface area (Å²) in [5.41, 5.74) is 0.565. The molecular weight excluding hydrogens is 228 g/mol. The molecule has 3 heteroatoms. The Morgan fingerprint density at radius 2 is 2.17 bits per heavy atom. The van der Waals surface area contributed by atoms with Crippen LogP contribution in [-0.4, -0.2) is 17.9 Å². The van der Waals surface area contributed by atoms with Gasteiger partial charge in [-0.05, 0) is 30.3 Å². The fourth-order valence-electron chi connectivity index (χ4n) is 3.87. The van der Waals surface area contributed by atoms with Crippen molar-refractivity contribution in [2.75, 3.05) is 0 Å². The molecular formula is C15H18O3. The highest BCUT2D eigenvalue weighted by Gasteiger charge is 2.53. The molecule has 0 aromatic heterocycles. The second kappa shape index (κ2) is 3.56. The normalized spacial score (nSPS) is 46.7. The summed E-state index contributed by atoms with van der Waals surface area (Å²) < 4.78 is 5.40. The Bertz CT molecular complexity index is 476. The van der Waals surface area contributed by atoms with Crippen molar-refractivity contribution < 1.29 is 14.3 Å². The number of hydrogen-bond acceptors (Lipinski definition) is 3. The van der Waals surface area contributed by atoms with E-state index in [9.17, 15) is 9.59 Å². The Morgan fingerprint density at radius 3 is 2.89 bits per heavy atom. The maximum Gasteiger partial charge on any atom is 0.334 e. The number of rotatable bonds is 0. The predicted octanol–water partition coefficient (Wildman–Crippen LogP) is 2.28. The largest absolute Gasteiger partial charge is 0.458 e. The molecule has 3 nitrogen and oxygen atoms in total. The summed E-state index contributed by atoms with van der Waals surface area (Å²) in [5.74, 6) is 0.381. The number of ketones is 1. The van der Waals surface area contributed by atoms with Gasteiger partial charge in [-0.2, -0.15) is 0 Å². The van der Waals surface area contributed by atoms with Crippen molar-refractivity contribution in [3.8, 4) is 0 Å². The molecule has 3 rings (SSSR count). The number of carbonyl (C=O) groups is 2. The van der Waals surface area contributed by atoms with Gasteiger partial charge in [-0.15, -0.1) is 0 Å². The van der Waals surface area contributed by atoms with Crippen LogP contribution in [0.1, 0.15) is 26.7 Å². The van der Waals surface area contributed by atoms with Gasteiger partial charge in [-0.25, -0.2) is 4.79 Å². The molecule has 1 saturated carbocycles. The van der Waals surface area contributed by atoms with E-state index >= 15 is 0 Å². The molecule has 1 saturated heterocycles. The van der Waals surface area contributed by atoms with Gasteiger partial charge in [-0.3, -0.25) is 4.79 Å². The lowest BCUT2D eigenvalue weighted by Crippen LogP contribution is -2.46. The highest BCUT2D eigenvalue weighted by atomic mass is 16.6. The minimum absolute atomic E-state index is 0.0284. The maximum atomic E-state index is 11.8. The Labute approximate surface area is 107 Å². The molecule has 1 heterocycles. The molecule has 0 bridgehead atoms. The van der Waals surface area contributed by atoms with Crippen LogP contribution < -0.4 is 0 Å². The van der Waals surface area contributed by atoms with E-state index in [0.717, 1.165) is 12.8 Å². The van der Waals surface area contributed by atoms with E-state index in [2.05, 4.69) is 13.5 Å². The van der Waals surface area contributed by atoms with Gasteiger partial charge in [0.2, 0.25) is 0 Å². The second-order valence-corrected chi connectivity index (χ2v) is 6.15. The number of ether oxygens (including phenoxy) is 1. The first kappa shape index (κ1) is 11.7. The zero-order valence-corrected chi connectivity index (χ0v) is 10.8. The monoisotopic (exact) mass is 246 g/mol. The summed E-state index contributed by atoms with van der Waals surface area (Å²) in [6, 6.07) is 0. The highest BCUT2D eigenvalue weighted by Crippen LogP contribution is 2.54. The lowest BCUT2D eigenvalue weighted by atomic mass is 9.56. The number of allylic oxidation sites excluding steroid dienone is 2. The molecule has 0 spiro atoms. The van der Waals surface area contributed by atoms with E-state index in [1.54, 1.807) is 6.08 Å². The van der Waals surface area contributed by atoms with Crippen LogP contribution in [0.15, 0.2) is 24.3 Å². The molecule has 0 unspecified atom stereocenters. The second-order valence-electron chi connectivity index (χ2n) is 6.15. The minimum atomic E-state index is -0.254. The molecule has 0 N–H and O–H groups in total. The molecule has 96 valence electrons. The first-order valence-corrected chi connectivity index (χ1v) is 6.55. The number of carbonyl (C=O) groups excluding carboxylic acids is 2. The van der Waals surface area contributed by atoms with E-state index in [1.807, 2.05) is 13.0 Å². The van der Waals surface area contributed by atoms with Crippen LogP contribution in [0.2, 0.25) is 0 Å². The highest BCUT2D eigenvalue weighted by molar-refractivity contribution is 5.93. The Balaban J connectivity index is 1.96. The minimum Gasteiger partial charge on any atom is -0.458 e. The zero-order valence-electron chi connectivity index (χ0n) is 10.8. The average Bonchev–Trinajstić information content (AvgIpc) is 2.58. The smallest absolute Gasteiger partial charge is 0.334 e. The molecule has 5 atom stereocenters. The third-order valence-electron chi connectivity index (χ3n) is 5.09. The van der Waals surface area contributed by atoms with Crippen molar-refractivity contribution in [2.24, 2.45) is 23.2 Å². The Hall–Kier alpha value is -1.38. The van der Waals surface area contributed by atoms with Crippen molar-refractivity contribution in [1.29, 1.82) is 0 Å².